The number of benzene rings is 1. The van der Waals surface area contributed by atoms with Crippen molar-refractivity contribution in [1.82, 2.24) is 0 Å². The predicted molar refractivity (Wildman–Crippen MR) is 67.9 cm³/mol. The van der Waals surface area contributed by atoms with Crippen LogP contribution in [0.25, 0.3) is 10.1 Å². The van der Waals surface area contributed by atoms with Gasteiger partial charge in [0.15, 0.2) is 0 Å². The van der Waals surface area contributed by atoms with Crippen molar-refractivity contribution in [1.29, 1.82) is 0 Å². The van der Waals surface area contributed by atoms with E-state index in [1.165, 1.54) is 10.1 Å². The quantitative estimate of drug-likeness (QED) is 0.809. The Morgan fingerprint density at radius 3 is 3.00 bits per heavy atom. The topological polar surface area (TPSA) is 9.23 Å². The molecule has 1 aromatic heterocycles. The van der Waals surface area contributed by atoms with Crippen molar-refractivity contribution in [3.05, 3.63) is 22.7 Å². The van der Waals surface area contributed by atoms with Crippen molar-refractivity contribution in [3.63, 3.8) is 0 Å². The fraction of sp³-hybridized carbons (Fsp3) is 0.200. The molecular formula is C10H9BrOS2. The Balaban J connectivity index is 2.61. The van der Waals surface area contributed by atoms with Gasteiger partial charge in [-0.1, -0.05) is 0 Å². The van der Waals surface area contributed by atoms with Gasteiger partial charge in [-0.25, -0.2) is 0 Å². The number of halogens is 1. The van der Waals surface area contributed by atoms with Gasteiger partial charge in [0.1, 0.15) is 5.75 Å². The van der Waals surface area contributed by atoms with E-state index in [0.717, 1.165) is 14.4 Å². The van der Waals surface area contributed by atoms with Gasteiger partial charge in [-0.3, -0.25) is 0 Å². The van der Waals surface area contributed by atoms with E-state index in [9.17, 15) is 0 Å². The molecule has 2 aromatic rings. The highest BCUT2D eigenvalue weighted by molar-refractivity contribution is 9.10. The summed E-state index contributed by atoms with van der Waals surface area (Å²) in [7, 11) is 0. The third-order valence-corrected chi connectivity index (χ3v) is 4.01. The number of thiol groups is 1. The van der Waals surface area contributed by atoms with Gasteiger partial charge in [0.05, 0.1) is 15.3 Å². The first-order chi connectivity index (χ1) is 6.72. The molecule has 1 aromatic carbocycles. The highest BCUT2D eigenvalue weighted by Gasteiger charge is 2.08. The first-order valence-electron chi connectivity index (χ1n) is 4.26. The maximum atomic E-state index is 5.49. The molecule has 0 atom stereocenters. The minimum Gasteiger partial charge on any atom is -0.493 e. The lowest BCUT2D eigenvalue weighted by molar-refractivity contribution is 0.339. The second kappa shape index (κ2) is 4.13. The number of thiophene rings is 1. The molecule has 1 heterocycles. The minimum atomic E-state index is 0.683. The largest absolute Gasteiger partial charge is 0.493 e. The van der Waals surface area contributed by atoms with Crippen LogP contribution in [0.2, 0.25) is 0 Å². The molecule has 4 heteroatoms. The zero-order valence-electron chi connectivity index (χ0n) is 7.58. The summed E-state index contributed by atoms with van der Waals surface area (Å²) >= 11 is 9.55. The molecule has 0 aliphatic heterocycles. The Labute approximate surface area is 101 Å². The molecule has 0 saturated heterocycles. The third-order valence-electron chi connectivity index (χ3n) is 1.89. The van der Waals surface area contributed by atoms with Crippen molar-refractivity contribution in [2.24, 2.45) is 0 Å². The Hall–Kier alpha value is -0.190. The second-order valence-electron chi connectivity index (χ2n) is 2.81. The zero-order valence-corrected chi connectivity index (χ0v) is 10.9. The first kappa shape index (κ1) is 10.3. The van der Waals surface area contributed by atoms with Crippen LogP contribution in [0, 0.1) is 0 Å². The smallest absolute Gasteiger partial charge is 0.134 e. The summed E-state index contributed by atoms with van der Waals surface area (Å²) < 4.78 is 8.76. The van der Waals surface area contributed by atoms with E-state index in [2.05, 4.69) is 40.7 Å². The molecule has 2 rings (SSSR count). The molecule has 0 radical (unpaired) electrons. The third kappa shape index (κ3) is 1.78. The van der Waals surface area contributed by atoms with Gasteiger partial charge in [0.25, 0.3) is 0 Å². The van der Waals surface area contributed by atoms with E-state index >= 15 is 0 Å². The SMILES string of the molecule is CCOc1ccc2sc(S)cc2c1Br. The Morgan fingerprint density at radius 2 is 2.29 bits per heavy atom. The van der Waals surface area contributed by atoms with Crippen LogP contribution in [0.15, 0.2) is 26.9 Å². The highest BCUT2D eigenvalue weighted by Crippen LogP contribution is 2.38. The number of fused-ring (bicyclic) bond motifs is 1. The molecule has 0 spiro atoms. The molecule has 0 amide bonds. The van der Waals surface area contributed by atoms with Crippen LogP contribution >= 0.6 is 39.9 Å². The maximum absolute atomic E-state index is 5.49. The molecule has 74 valence electrons. The van der Waals surface area contributed by atoms with Crippen molar-refractivity contribution >= 4 is 50.0 Å². The van der Waals surface area contributed by atoms with Crippen LogP contribution in [-0.4, -0.2) is 6.61 Å². The summed E-state index contributed by atoms with van der Waals surface area (Å²) in [5, 5.41) is 1.17. The lowest BCUT2D eigenvalue weighted by Crippen LogP contribution is -1.91. The molecule has 0 N–H and O–H groups in total. The fourth-order valence-corrected chi connectivity index (χ4v) is 3.25. The number of ether oxygens (including phenoxy) is 1. The van der Waals surface area contributed by atoms with Gasteiger partial charge < -0.3 is 4.74 Å². The van der Waals surface area contributed by atoms with Crippen LogP contribution in [0.5, 0.6) is 5.75 Å². The maximum Gasteiger partial charge on any atom is 0.134 e. The van der Waals surface area contributed by atoms with Crippen LogP contribution in [0.1, 0.15) is 6.92 Å². The van der Waals surface area contributed by atoms with Crippen molar-refractivity contribution in [2.75, 3.05) is 6.61 Å². The monoisotopic (exact) mass is 288 g/mol. The molecular weight excluding hydrogens is 280 g/mol. The van der Waals surface area contributed by atoms with Crippen LogP contribution in [-0.2, 0) is 0 Å². The summed E-state index contributed by atoms with van der Waals surface area (Å²) in [6.45, 7) is 2.66. The Kier molecular flexibility index (Phi) is 3.04. The summed E-state index contributed by atoms with van der Waals surface area (Å²) in [6.07, 6.45) is 0. The summed E-state index contributed by atoms with van der Waals surface area (Å²) in [6, 6.07) is 6.10. The molecule has 14 heavy (non-hydrogen) atoms. The summed E-state index contributed by atoms with van der Waals surface area (Å²) in [4.78, 5) is 0. The van der Waals surface area contributed by atoms with E-state index in [1.54, 1.807) is 11.3 Å². The lowest BCUT2D eigenvalue weighted by Gasteiger charge is -2.05. The van der Waals surface area contributed by atoms with E-state index in [1.807, 2.05) is 13.0 Å². The standard InChI is InChI=1S/C10H9BrOS2/c1-2-12-7-3-4-8-6(10(7)11)5-9(13)14-8/h3-5,13H,2H2,1H3. The second-order valence-corrected chi connectivity index (χ2v) is 5.47. The van der Waals surface area contributed by atoms with E-state index in [0.29, 0.717) is 6.61 Å². The van der Waals surface area contributed by atoms with Crippen LogP contribution in [0.4, 0.5) is 0 Å². The van der Waals surface area contributed by atoms with Crippen LogP contribution < -0.4 is 4.74 Å². The van der Waals surface area contributed by atoms with Gasteiger partial charge in [-0.2, -0.15) is 0 Å². The average molecular weight is 289 g/mol. The molecule has 1 nitrogen and oxygen atoms in total. The van der Waals surface area contributed by atoms with Gasteiger partial charge in [0, 0.05) is 10.1 Å². The van der Waals surface area contributed by atoms with E-state index in [4.69, 9.17) is 4.74 Å². The van der Waals surface area contributed by atoms with E-state index < -0.39 is 0 Å². The van der Waals surface area contributed by atoms with E-state index in [-0.39, 0.29) is 0 Å². The van der Waals surface area contributed by atoms with Gasteiger partial charge >= 0.3 is 0 Å². The molecule has 0 unspecified atom stereocenters. The molecule has 0 aliphatic rings. The Bertz CT molecular complexity index is 464. The normalized spacial score (nSPS) is 10.8. The zero-order chi connectivity index (χ0) is 10.1. The van der Waals surface area contributed by atoms with Crippen molar-refractivity contribution in [2.45, 2.75) is 11.1 Å². The molecule has 0 saturated carbocycles. The Morgan fingerprint density at radius 1 is 1.50 bits per heavy atom. The first-order valence-corrected chi connectivity index (χ1v) is 6.32. The van der Waals surface area contributed by atoms with Crippen LogP contribution in [0.3, 0.4) is 0 Å². The summed E-state index contributed by atoms with van der Waals surface area (Å²) in [5.74, 6) is 0.895. The number of rotatable bonds is 2. The van der Waals surface area contributed by atoms with Gasteiger partial charge in [-0.15, -0.1) is 24.0 Å². The highest BCUT2D eigenvalue weighted by atomic mass is 79.9. The molecule has 0 fully saturated rings. The minimum absolute atomic E-state index is 0.683. The fourth-order valence-electron chi connectivity index (χ4n) is 1.31. The molecule has 0 aliphatic carbocycles. The van der Waals surface area contributed by atoms with Crippen molar-refractivity contribution < 1.29 is 4.74 Å². The van der Waals surface area contributed by atoms with Gasteiger partial charge in [-0.05, 0) is 41.1 Å². The summed E-state index contributed by atoms with van der Waals surface area (Å²) in [5.41, 5.74) is 0. The number of hydrogen-bond donors (Lipinski definition) is 1. The number of hydrogen-bond acceptors (Lipinski definition) is 3. The lowest BCUT2D eigenvalue weighted by atomic mass is 10.2. The average Bonchev–Trinajstić information content (AvgIpc) is 2.52. The van der Waals surface area contributed by atoms with Crippen molar-refractivity contribution in [3.8, 4) is 5.75 Å². The predicted octanol–water partition coefficient (Wildman–Crippen LogP) is 4.35. The molecule has 0 bridgehead atoms. The van der Waals surface area contributed by atoms with Gasteiger partial charge in [0.2, 0.25) is 0 Å².